The molecule has 0 saturated carbocycles. The summed E-state index contributed by atoms with van der Waals surface area (Å²) < 4.78 is 2.23. The maximum atomic E-state index is 4.70. The van der Waals surface area contributed by atoms with Crippen LogP contribution in [0.2, 0.25) is 0 Å². The minimum Gasteiger partial charge on any atom is -0.300 e. The standard InChI is InChI=1S/C26H26N2/c1-2-3-5-13-22-14-8-9-17-25(22)28-19-18-27-26(28)24-16-10-15-23(20-24)21-11-6-4-7-12-21/h4,6-12,14-20H,2-3,5,13H2,1H3. The summed E-state index contributed by atoms with van der Waals surface area (Å²) in [6.45, 7) is 2.25. The second-order valence-electron chi connectivity index (χ2n) is 7.15. The Hall–Kier alpha value is -3.13. The summed E-state index contributed by atoms with van der Waals surface area (Å²) in [5.74, 6) is 0.987. The molecular weight excluding hydrogens is 340 g/mol. The molecule has 1 aromatic heterocycles. The maximum absolute atomic E-state index is 4.70. The van der Waals surface area contributed by atoms with Crippen LogP contribution in [-0.2, 0) is 6.42 Å². The lowest BCUT2D eigenvalue weighted by Gasteiger charge is -2.14. The highest BCUT2D eigenvalue weighted by molar-refractivity contribution is 5.71. The molecule has 2 nitrogen and oxygen atoms in total. The van der Waals surface area contributed by atoms with E-state index in [1.165, 1.54) is 41.6 Å². The second-order valence-corrected chi connectivity index (χ2v) is 7.15. The van der Waals surface area contributed by atoms with E-state index in [1.807, 2.05) is 6.20 Å². The maximum Gasteiger partial charge on any atom is 0.144 e. The fourth-order valence-electron chi connectivity index (χ4n) is 3.70. The highest BCUT2D eigenvalue weighted by Crippen LogP contribution is 2.28. The molecule has 0 atom stereocenters. The minimum atomic E-state index is 0.987. The van der Waals surface area contributed by atoms with Crippen LogP contribution in [0.3, 0.4) is 0 Å². The topological polar surface area (TPSA) is 17.8 Å². The van der Waals surface area contributed by atoms with Crippen molar-refractivity contribution in [2.45, 2.75) is 32.6 Å². The average Bonchev–Trinajstić information content (AvgIpc) is 3.25. The van der Waals surface area contributed by atoms with Gasteiger partial charge in [0.1, 0.15) is 5.82 Å². The van der Waals surface area contributed by atoms with Crippen LogP contribution in [0.5, 0.6) is 0 Å². The normalized spacial score (nSPS) is 10.9. The molecule has 140 valence electrons. The van der Waals surface area contributed by atoms with Crippen molar-refractivity contribution in [3.63, 3.8) is 0 Å². The van der Waals surface area contributed by atoms with E-state index in [0.29, 0.717) is 0 Å². The molecule has 0 aliphatic heterocycles. The summed E-state index contributed by atoms with van der Waals surface area (Å²) in [5.41, 5.74) is 6.19. The average molecular weight is 367 g/mol. The van der Waals surface area contributed by atoms with Gasteiger partial charge in [0, 0.05) is 18.0 Å². The van der Waals surface area contributed by atoms with Crippen molar-refractivity contribution in [1.29, 1.82) is 0 Å². The molecule has 0 amide bonds. The monoisotopic (exact) mass is 366 g/mol. The van der Waals surface area contributed by atoms with E-state index in [0.717, 1.165) is 17.8 Å². The molecule has 0 spiro atoms. The van der Waals surface area contributed by atoms with Gasteiger partial charge in [-0.25, -0.2) is 4.98 Å². The zero-order valence-electron chi connectivity index (χ0n) is 16.4. The molecular formula is C26H26N2. The highest BCUT2D eigenvalue weighted by Gasteiger charge is 2.11. The van der Waals surface area contributed by atoms with Crippen LogP contribution in [0.4, 0.5) is 0 Å². The Morgan fingerprint density at radius 1 is 0.750 bits per heavy atom. The molecule has 0 saturated heterocycles. The molecule has 0 radical (unpaired) electrons. The van der Waals surface area contributed by atoms with Crippen LogP contribution < -0.4 is 0 Å². The predicted octanol–water partition coefficient (Wildman–Crippen LogP) is 6.94. The Labute approximate surface area is 167 Å². The fourth-order valence-corrected chi connectivity index (χ4v) is 3.70. The van der Waals surface area contributed by atoms with Crippen molar-refractivity contribution < 1.29 is 0 Å². The number of imidazole rings is 1. The summed E-state index contributed by atoms with van der Waals surface area (Å²) in [6, 6.07) is 27.8. The summed E-state index contributed by atoms with van der Waals surface area (Å²) in [7, 11) is 0. The van der Waals surface area contributed by atoms with Crippen LogP contribution in [-0.4, -0.2) is 9.55 Å². The zero-order valence-corrected chi connectivity index (χ0v) is 16.4. The number of nitrogens with zero attached hydrogens (tertiary/aromatic N) is 2. The predicted molar refractivity (Wildman–Crippen MR) is 118 cm³/mol. The summed E-state index contributed by atoms with van der Waals surface area (Å²) in [5, 5.41) is 0. The Morgan fingerprint density at radius 3 is 2.36 bits per heavy atom. The lowest BCUT2D eigenvalue weighted by molar-refractivity contribution is 0.715. The third kappa shape index (κ3) is 3.91. The van der Waals surface area contributed by atoms with Gasteiger partial charge in [-0.05, 0) is 41.7 Å². The molecule has 0 bridgehead atoms. The van der Waals surface area contributed by atoms with Crippen LogP contribution in [0.25, 0.3) is 28.2 Å². The molecule has 0 aliphatic rings. The van der Waals surface area contributed by atoms with Gasteiger partial charge < -0.3 is 0 Å². The van der Waals surface area contributed by atoms with E-state index in [1.54, 1.807) is 0 Å². The molecule has 3 aromatic carbocycles. The smallest absolute Gasteiger partial charge is 0.144 e. The van der Waals surface area contributed by atoms with E-state index >= 15 is 0 Å². The zero-order chi connectivity index (χ0) is 19.2. The molecule has 28 heavy (non-hydrogen) atoms. The number of unbranched alkanes of at least 4 members (excludes halogenated alkanes) is 2. The Kier molecular flexibility index (Phi) is 5.67. The second kappa shape index (κ2) is 8.71. The quantitative estimate of drug-likeness (QED) is 0.324. The summed E-state index contributed by atoms with van der Waals surface area (Å²) >= 11 is 0. The van der Waals surface area contributed by atoms with Gasteiger partial charge in [-0.2, -0.15) is 0 Å². The van der Waals surface area contributed by atoms with Crippen molar-refractivity contribution in [3.8, 4) is 28.2 Å². The molecule has 1 heterocycles. The molecule has 0 aliphatic carbocycles. The SMILES string of the molecule is CCCCCc1ccccc1-n1ccnc1-c1cccc(-c2ccccc2)c1. The van der Waals surface area contributed by atoms with Gasteiger partial charge in [0.2, 0.25) is 0 Å². The fraction of sp³-hybridized carbons (Fsp3) is 0.192. The first kappa shape index (κ1) is 18.2. The lowest BCUT2D eigenvalue weighted by atomic mass is 10.0. The number of hydrogen-bond donors (Lipinski definition) is 0. The van der Waals surface area contributed by atoms with E-state index in [9.17, 15) is 0 Å². The number of rotatable bonds is 7. The van der Waals surface area contributed by atoms with Crippen molar-refractivity contribution in [1.82, 2.24) is 9.55 Å². The molecule has 2 heteroatoms. The van der Waals surface area contributed by atoms with Crippen molar-refractivity contribution >= 4 is 0 Å². The van der Waals surface area contributed by atoms with Gasteiger partial charge in [-0.1, -0.05) is 86.5 Å². The largest absolute Gasteiger partial charge is 0.300 e. The summed E-state index contributed by atoms with van der Waals surface area (Å²) in [6.07, 6.45) is 8.80. The van der Waals surface area contributed by atoms with Gasteiger partial charge in [0.15, 0.2) is 0 Å². The van der Waals surface area contributed by atoms with Crippen LogP contribution in [0, 0.1) is 0 Å². The number of aromatic nitrogens is 2. The van der Waals surface area contributed by atoms with Gasteiger partial charge in [0.05, 0.1) is 5.69 Å². The van der Waals surface area contributed by atoms with Crippen molar-refractivity contribution in [3.05, 3.63) is 96.8 Å². The molecule has 0 N–H and O–H groups in total. The minimum absolute atomic E-state index is 0.987. The van der Waals surface area contributed by atoms with Crippen LogP contribution in [0.15, 0.2) is 91.3 Å². The lowest BCUT2D eigenvalue weighted by Crippen LogP contribution is -2.01. The summed E-state index contributed by atoms with van der Waals surface area (Å²) in [4.78, 5) is 4.70. The molecule has 4 aromatic rings. The number of benzene rings is 3. The third-order valence-corrected chi connectivity index (χ3v) is 5.17. The molecule has 4 rings (SSSR count). The first-order valence-corrected chi connectivity index (χ1v) is 10.1. The van der Waals surface area contributed by atoms with E-state index in [-0.39, 0.29) is 0 Å². The van der Waals surface area contributed by atoms with Gasteiger partial charge >= 0.3 is 0 Å². The molecule has 0 fully saturated rings. The number of para-hydroxylation sites is 1. The van der Waals surface area contributed by atoms with Gasteiger partial charge in [-0.15, -0.1) is 0 Å². The third-order valence-electron chi connectivity index (χ3n) is 5.17. The van der Waals surface area contributed by atoms with Gasteiger partial charge in [0.25, 0.3) is 0 Å². The van der Waals surface area contributed by atoms with E-state index in [4.69, 9.17) is 4.98 Å². The highest BCUT2D eigenvalue weighted by atomic mass is 15.1. The molecule has 0 unspecified atom stereocenters. The van der Waals surface area contributed by atoms with Crippen molar-refractivity contribution in [2.75, 3.05) is 0 Å². The van der Waals surface area contributed by atoms with E-state index < -0.39 is 0 Å². The number of hydrogen-bond acceptors (Lipinski definition) is 1. The Bertz CT molecular complexity index is 1030. The van der Waals surface area contributed by atoms with E-state index in [2.05, 4.69) is 96.6 Å². The van der Waals surface area contributed by atoms with Gasteiger partial charge in [-0.3, -0.25) is 4.57 Å². The first-order chi connectivity index (χ1) is 13.9. The Morgan fingerprint density at radius 2 is 1.50 bits per heavy atom. The van der Waals surface area contributed by atoms with Crippen LogP contribution >= 0.6 is 0 Å². The number of aryl methyl sites for hydroxylation is 1. The van der Waals surface area contributed by atoms with Crippen molar-refractivity contribution in [2.24, 2.45) is 0 Å². The van der Waals surface area contributed by atoms with Crippen LogP contribution in [0.1, 0.15) is 31.7 Å². The first-order valence-electron chi connectivity index (χ1n) is 10.1. The Balaban J connectivity index is 1.72.